The Labute approximate surface area is 131 Å². The zero-order chi connectivity index (χ0) is 14.9. The minimum absolute atomic E-state index is 0.112. The second-order valence-electron chi connectivity index (χ2n) is 6.44. The summed E-state index contributed by atoms with van der Waals surface area (Å²) in [6, 6.07) is 7.36. The van der Waals surface area contributed by atoms with Crippen molar-refractivity contribution in [2.24, 2.45) is 11.1 Å². The molecule has 21 heavy (non-hydrogen) atoms. The van der Waals surface area contributed by atoms with Gasteiger partial charge in [-0.05, 0) is 43.2 Å². The van der Waals surface area contributed by atoms with Crippen LogP contribution in [-0.2, 0) is 0 Å². The first-order chi connectivity index (χ1) is 10.1. The van der Waals surface area contributed by atoms with Crippen LogP contribution in [0.25, 0.3) is 0 Å². The zero-order valence-electron chi connectivity index (χ0n) is 12.3. The van der Waals surface area contributed by atoms with Crippen LogP contribution >= 0.6 is 12.2 Å². The van der Waals surface area contributed by atoms with Gasteiger partial charge in [-0.3, -0.25) is 4.79 Å². The highest BCUT2D eigenvalue weighted by atomic mass is 32.1. The molecule has 0 unspecified atom stereocenters. The van der Waals surface area contributed by atoms with Crippen LogP contribution in [-0.4, -0.2) is 28.9 Å². The molecule has 2 N–H and O–H groups in total. The fraction of sp³-hybridized carbons (Fsp3) is 0.529. The summed E-state index contributed by atoms with van der Waals surface area (Å²) in [5.41, 5.74) is 7.65. The van der Waals surface area contributed by atoms with Gasteiger partial charge < -0.3 is 10.6 Å². The highest BCUT2D eigenvalue weighted by molar-refractivity contribution is 7.80. The summed E-state index contributed by atoms with van der Waals surface area (Å²) in [5, 5.41) is 0. The van der Waals surface area contributed by atoms with Crippen LogP contribution in [0.5, 0.6) is 0 Å². The summed E-state index contributed by atoms with van der Waals surface area (Å²) in [4.78, 5) is 14.9. The zero-order valence-corrected chi connectivity index (χ0v) is 13.1. The average Bonchev–Trinajstić information content (AvgIpc) is 2.96. The van der Waals surface area contributed by atoms with E-state index < -0.39 is 0 Å². The van der Waals surface area contributed by atoms with Crippen molar-refractivity contribution in [3.8, 4) is 0 Å². The number of thiocarbonyl (C=S) groups is 1. The van der Waals surface area contributed by atoms with Gasteiger partial charge in [-0.25, -0.2) is 0 Å². The van der Waals surface area contributed by atoms with E-state index in [1.807, 2.05) is 29.2 Å². The van der Waals surface area contributed by atoms with E-state index in [0.29, 0.717) is 16.0 Å². The van der Waals surface area contributed by atoms with Gasteiger partial charge in [-0.2, -0.15) is 0 Å². The molecule has 0 bridgehead atoms. The fourth-order valence-corrected chi connectivity index (χ4v) is 3.92. The minimum atomic E-state index is 0.112. The van der Waals surface area contributed by atoms with E-state index in [9.17, 15) is 4.79 Å². The van der Waals surface area contributed by atoms with E-state index in [1.54, 1.807) is 0 Å². The van der Waals surface area contributed by atoms with Gasteiger partial charge in [-0.1, -0.05) is 37.2 Å². The van der Waals surface area contributed by atoms with Gasteiger partial charge in [0.05, 0.1) is 0 Å². The third-order valence-electron chi connectivity index (χ3n) is 5.17. The fourth-order valence-electron chi connectivity index (χ4n) is 3.80. The number of nitrogens with two attached hydrogens (primary N) is 1. The first-order valence-corrected chi connectivity index (χ1v) is 8.20. The molecule has 1 amide bonds. The van der Waals surface area contributed by atoms with Crippen molar-refractivity contribution >= 4 is 23.1 Å². The van der Waals surface area contributed by atoms with Crippen molar-refractivity contribution in [2.75, 3.05) is 13.1 Å². The van der Waals surface area contributed by atoms with Gasteiger partial charge in [0.1, 0.15) is 4.99 Å². The van der Waals surface area contributed by atoms with Crippen molar-refractivity contribution in [3.05, 3.63) is 35.4 Å². The average molecular weight is 302 g/mol. The lowest BCUT2D eigenvalue weighted by molar-refractivity contribution is 0.0587. The number of amides is 1. The molecule has 2 aliphatic rings. The predicted octanol–water partition coefficient (Wildman–Crippen LogP) is 3.12. The Balaban J connectivity index is 1.69. The number of piperidine rings is 1. The van der Waals surface area contributed by atoms with Crippen LogP contribution in [0.3, 0.4) is 0 Å². The van der Waals surface area contributed by atoms with Crippen LogP contribution in [0.2, 0.25) is 0 Å². The number of rotatable bonds is 2. The molecule has 0 radical (unpaired) electrons. The van der Waals surface area contributed by atoms with Crippen molar-refractivity contribution in [1.82, 2.24) is 4.90 Å². The maximum absolute atomic E-state index is 12.6. The molecule has 3 rings (SSSR count). The number of carbonyl (C=O) groups excluding carboxylic acids is 1. The van der Waals surface area contributed by atoms with Crippen LogP contribution < -0.4 is 5.73 Å². The molecule has 1 saturated heterocycles. The summed E-state index contributed by atoms with van der Waals surface area (Å²) >= 11 is 4.99. The van der Waals surface area contributed by atoms with Crippen LogP contribution in [0, 0.1) is 5.41 Å². The van der Waals surface area contributed by atoms with Crippen molar-refractivity contribution in [2.45, 2.75) is 38.5 Å². The quantitative estimate of drug-likeness (QED) is 0.854. The standard InChI is InChI=1S/C17H22N2OS/c18-15(21)13-4-3-5-14(12-13)16(20)19-10-8-17(9-11-19)6-1-2-7-17/h3-5,12H,1-2,6-11H2,(H2,18,21). The Morgan fingerprint density at radius 1 is 1.10 bits per heavy atom. The molecule has 0 aromatic heterocycles. The summed E-state index contributed by atoms with van der Waals surface area (Å²) in [5.74, 6) is 0.112. The number of likely N-dealkylation sites (tertiary alicyclic amines) is 1. The Hall–Kier alpha value is -1.42. The van der Waals surface area contributed by atoms with Gasteiger partial charge in [0, 0.05) is 24.2 Å². The lowest BCUT2D eigenvalue weighted by Gasteiger charge is -2.39. The largest absolute Gasteiger partial charge is 0.389 e. The molecule has 1 saturated carbocycles. The van der Waals surface area contributed by atoms with E-state index in [2.05, 4.69) is 0 Å². The first-order valence-electron chi connectivity index (χ1n) is 7.79. The molecular weight excluding hydrogens is 280 g/mol. The van der Waals surface area contributed by atoms with Crippen LogP contribution in [0.4, 0.5) is 0 Å². The van der Waals surface area contributed by atoms with Crippen molar-refractivity contribution in [1.29, 1.82) is 0 Å². The summed E-state index contributed by atoms with van der Waals surface area (Å²) in [6.07, 6.45) is 7.76. The van der Waals surface area contributed by atoms with Gasteiger partial charge in [0.25, 0.3) is 5.91 Å². The van der Waals surface area contributed by atoms with Gasteiger partial charge in [0.15, 0.2) is 0 Å². The third-order valence-corrected chi connectivity index (χ3v) is 5.41. The number of benzene rings is 1. The molecule has 112 valence electrons. The molecule has 1 spiro atoms. The molecule has 1 aliphatic carbocycles. The Kier molecular flexibility index (Phi) is 3.98. The molecule has 2 fully saturated rings. The van der Waals surface area contributed by atoms with E-state index in [-0.39, 0.29) is 5.91 Å². The summed E-state index contributed by atoms with van der Waals surface area (Å²) in [7, 11) is 0. The maximum atomic E-state index is 12.6. The van der Waals surface area contributed by atoms with E-state index >= 15 is 0 Å². The Morgan fingerprint density at radius 2 is 1.71 bits per heavy atom. The topological polar surface area (TPSA) is 46.3 Å². The van der Waals surface area contributed by atoms with Crippen molar-refractivity contribution < 1.29 is 4.79 Å². The molecule has 1 aromatic rings. The van der Waals surface area contributed by atoms with E-state index in [1.165, 1.54) is 25.7 Å². The monoisotopic (exact) mass is 302 g/mol. The summed E-state index contributed by atoms with van der Waals surface area (Å²) in [6.45, 7) is 1.77. The Morgan fingerprint density at radius 3 is 2.33 bits per heavy atom. The predicted molar refractivity (Wildman–Crippen MR) is 88.4 cm³/mol. The highest BCUT2D eigenvalue weighted by Gasteiger charge is 2.38. The molecule has 1 heterocycles. The molecule has 0 atom stereocenters. The smallest absolute Gasteiger partial charge is 0.253 e. The molecule has 4 heteroatoms. The van der Waals surface area contributed by atoms with Crippen molar-refractivity contribution in [3.63, 3.8) is 0 Å². The lowest BCUT2D eigenvalue weighted by Crippen LogP contribution is -2.42. The van der Waals surface area contributed by atoms with E-state index in [0.717, 1.165) is 31.5 Å². The van der Waals surface area contributed by atoms with Gasteiger partial charge >= 0.3 is 0 Å². The number of hydrogen-bond donors (Lipinski definition) is 1. The number of hydrogen-bond acceptors (Lipinski definition) is 2. The normalized spacial score (nSPS) is 20.7. The first kappa shape index (κ1) is 14.5. The van der Waals surface area contributed by atoms with Crippen LogP contribution in [0.15, 0.2) is 24.3 Å². The maximum Gasteiger partial charge on any atom is 0.253 e. The second kappa shape index (κ2) is 5.76. The SMILES string of the molecule is NC(=S)c1cccc(C(=O)N2CCC3(CCCC3)CC2)c1. The van der Waals surface area contributed by atoms with E-state index in [4.69, 9.17) is 18.0 Å². The third kappa shape index (κ3) is 2.95. The lowest BCUT2D eigenvalue weighted by atomic mass is 9.77. The van der Waals surface area contributed by atoms with Crippen LogP contribution in [0.1, 0.15) is 54.4 Å². The molecule has 3 nitrogen and oxygen atoms in total. The number of nitrogens with zero attached hydrogens (tertiary/aromatic N) is 1. The molecule has 1 aliphatic heterocycles. The minimum Gasteiger partial charge on any atom is -0.389 e. The number of carbonyl (C=O) groups is 1. The second-order valence-corrected chi connectivity index (χ2v) is 6.88. The van der Waals surface area contributed by atoms with Gasteiger partial charge in [0.2, 0.25) is 0 Å². The Bertz CT molecular complexity index is 554. The molecule has 1 aromatic carbocycles. The molecular formula is C17H22N2OS. The highest BCUT2D eigenvalue weighted by Crippen LogP contribution is 2.46. The van der Waals surface area contributed by atoms with Gasteiger partial charge in [-0.15, -0.1) is 0 Å². The summed E-state index contributed by atoms with van der Waals surface area (Å²) < 4.78 is 0.